The summed E-state index contributed by atoms with van der Waals surface area (Å²) in [5.74, 6) is -1.97. The Labute approximate surface area is 131 Å². The van der Waals surface area contributed by atoms with E-state index >= 15 is 0 Å². The molecule has 6 heteroatoms. The Hall–Kier alpha value is -2.21. The van der Waals surface area contributed by atoms with Gasteiger partial charge < -0.3 is 10.4 Å². The molecule has 1 aromatic heterocycles. The molecule has 2 rings (SSSR count). The van der Waals surface area contributed by atoms with Gasteiger partial charge in [0.25, 0.3) is 5.91 Å². The summed E-state index contributed by atoms with van der Waals surface area (Å²) in [6.07, 6.45) is 3.61. The van der Waals surface area contributed by atoms with E-state index in [0.29, 0.717) is 20.5 Å². The number of amides is 1. The van der Waals surface area contributed by atoms with Gasteiger partial charge in [-0.15, -0.1) is 11.3 Å². The van der Waals surface area contributed by atoms with E-state index in [1.807, 2.05) is 0 Å². The summed E-state index contributed by atoms with van der Waals surface area (Å²) in [5.41, 5.74) is 0.533. The van der Waals surface area contributed by atoms with Crippen molar-refractivity contribution in [1.29, 1.82) is 0 Å². The number of hydrogen-bond acceptors (Lipinski definition) is 3. The van der Waals surface area contributed by atoms with Gasteiger partial charge in [-0.3, -0.25) is 4.79 Å². The van der Waals surface area contributed by atoms with Crippen molar-refractivity contribution in [2.45, 2.75) is 26.3 Å². The van der Waals surface area contributed by atoms with Gasteiger partial charge in [0.2, 0.25) is 0 Å². The van der Waals surface area contributed by atoms with Crippen molar-refractivity contribution in [3.05, 3.63) is 46.6 Å². The standard InChI is InChI=1S/C16H16FNO3S/c1-3-4-7-11(16(20)21)18-15(19)14-9(2)13-10(17)6-5-8-12(13)22-14/h3-6,8,11H,7H2,1-2H3,(H,18,19)(H,20,21)/b4-3+. The van der Waals surface area contributed by atoms with E-state index in [9.17, 15) is 14.0 Å². The molecule has 116 valence electrons. The highest BCUT2D eigenvalue weighted by Gasteiger charge is 2.23. The second-order valence-corrected chi connectivity index (χ2v) is 5.89. The van der Waals surface area contributed by atoms with Crippen molar-refractivity contribution < 1.29 is 19.1 Å². The summed E-state index contributed by atoms with van der Waals surface area (Å²) in [7, 11) is 0. The average molecular weight is 321 g/mol. The van der Waals surface area contributed by atoms with Crippen LogP contribution in [0.2, 0.25) is 0 Å². The first-order valence-corrected chi connectivity index (χ1v) is 7.59. The quantitative estimate of drug-likeness (QED) is 0.828. The fourth-order valence-corrected chi connectivity index (χ4v) is 3.31. The minimum Gasteiger partial charge on any atom is -0.480 e. The number of hydrogen-bond donors (Lipinski definition) is 2. The number of rotatable bonds is 5. The van der Waals surface area contributed by atoms with Crippen LogP contribution in [0.1, 0.15) is 28.6 Å². The Morgan fingerprint density at radius 3 is 2.77 bits per heavy atom. The van der Waals surface area contributed by atoms with Gasteiger partial charge in [0.05, 0.1) is 4.88 Å². The molecule has 0 saturated carbocycles. The minimum absolute atomic E-state index is 0.204. The Morgan fingerprint density at radius 2 is 2.18 bits per heavy atom. The van der Waals surface area contributed by atoms with E-state index in [4.69, 9.17) is 5.11 Å². The van der Waals surface area contributed by atoms with E-state index < -0.39 is 17.9 Å². The van der Waals surface area contributed by atoms with Crippen LogP contribution in [0.4, 0.5) is 4.39 Å². The number of halogens is 1. The third-order valence-corrected chi connectivity index (χ3v) is 4.58. The van der Waals surface area contributed by atoms with Crippen LogP contribution >= 0.6 is 11.3 Å². The van der Waals surface area contributed by atoms with Gasteiger partial charge in [0, 0.05) is 10.1 Å². The number of carbonyl (C=O) groups is 2. The number of aryl methyl sites for hydroxylation is 1. The van der Waals surface area contributed by atoms with Crippen molar-refractivity contribution >= 4 is 33.3 Å². The van der Waals surface area contributed by atoms with Crippen LogP contribution in [-0.2, 0) is 4.79 Å². The molecule has 22 heavy (non-hydrogen) atoms. The van der Waals surface area contributed by atoms with E-state index in [2.05, 4.69) is 5.32 Å². The molecule has 0 bridgehead atoms. The van der Waals surface area contributed by atoms with Crippen LogP contribution in [0.25, 0.3) is 10.1 Å². The molecule has 2 aromatic rings. The van der Waals surface area contributed by atoms with E-state index in [-0.39, 0.29) is 12.2 Å². The van der Waals surface area contributed by atoms with Crippen LogP contribution in [0.5, 0.6) is 0 Å². The van der Waals surface area contributed by atoms with Crippen LogP contribution in [-0.4, -0.2) is 23.0 Å². The summed E-state index contributed by atoms with van der Waals surface area (Å²) >= 11 is 1.16. The summed E-state index contributed by atoms with van der Waals surface area (Å²) in [5, 5.41) is 12.0. The summed E-state index contributed by atoms with van der Waals surface area (Å²) in [6, 6.07) is 3.66. The molecule has 1 atom stereocenters. The van der Waals surface area contributed by atoms with Gasteiger partial charge in [-0.2, -0.15) is 0 Å². The smallest absolute Gasteiger partial charge is 0.326 e. The van der Waals surface area contributed by atoms with Gasteiger partial charge in [0.15, 0.2) is 0 Å². The zero-order valence-corrected chi connectivity index (χ0v) is 13.0. The molecule has 1 heterocycles. The lowest BCUT2D eigenvalue weighted by atomic mass is 10.1. The molecule has 0 spiro atoms. The van der Waals surface area contributed by atoms with E-state index in [1.165, 1.54) is 6.07 Å². The first kappa shape index (κ1) is 16.2. The fraction of sp³-hybridized carbons (Fsp3) is 0.250. The zero-order valence-electron chi connectivity index (χ0n) is 12.2. The summed E-state index contributed by atoms with van der Waals surface area (Å²) in [4.78, 5) is 23.8. The van der Waals surface area contributed by atoms with Crippen molar-refractivity contribution in [2.24, 2.45) is 0 Å². The minimum atomic E-state index is -1.10. The van der Waals surface area contributed by atoms with Crippen molar-refractivity contribution in [3.8, 4) is 0 Å². The van der Waals surface area contributed by atoms with Crippen LogP contribution in [0.3, 0.4) is 0 Å². The maximum absolute atomic E-state index is 13.9. The van der Waals surface area contributed by atoms with Crippen molar-refractivity contribution in [1.82, 2.24) is 5.32 Å². The maximum atomic E-state index is 13.9. The molecule has 4 nitrogen and oxygen atoms in total. The van der Waals surface area contributed by atoms with Crippen LogP contribution < -0.4 is 5.32 Å². The van der Waals surface area contributed by atoms with Gasteiger partial charge in [-0.25, -0.2) is 9.18 Å². The summed E-state index contributed by atoms with van der Waals surface area (Å²) < 4.78 is 14.5. The van der Waals surface area contributed by atoms with Crippen molar-refractivity contribution in [3.63, 3.8) is 0 Å². The molecular formula is C16H16FNO3S. The Bertz CT molecular complexity index is 751. The number of thiophene rings is 1. The summed E-state index contributed by atoms with van der Waals surface area (Å²) in [6.45, 7) is 3.44. The third-order valence-electron chi connectivity index (χ3n) is 3.32. The van der Waals surface area contributed by atoms with Crippen molar-refractivity contribution in [2.75, 3.05) is 0 Å². The Balaban J connectivity index is 2.31. The Kier molecular flexibility index (Phi) is 4.92. The average Bonchev–Trinajstić information content (AvgIpc) is 2.81. The molecule has 0 saturated heterocycles. The van der Waals surface area contributed by atoms with E-state index in [0.717, 1.165) is 11.3 Å². The number of carbonyl (C=O) groups excluding carboxylic acids is 1. The molecule has 1 aromatic carbocycles. The highest BCUT2D eigenvalue weighted by molar-refractivity contribution is 7.21. The van der Waals surface area contributed by atoms with E-state index in [1.54, 1.807) is 38.1 Å². The molecular weight excluding hydrogens is 305 g/mol. The van der Waals surface area contributed by atoms with Gasteiger partial charge in [-0.05, 0) is 38.0 Å². The largest absolute Gasteiger partial charge is 0.480 e. The monoisotopic (exact) mass is 321 g/mol. The number of benzene rings is 1. The molecule has 0 aliphatic carbocycles. The fourth-order valence-electron chi connectivity index (χ4n) is 2.19. The molecule has 0 aliphatic rings. The lowest BCUT2D eigenvalue weighted by Gasteiger charge is -2.12. The van der Waals surface area contributed by atoms with Gasteiger partial charge >= 0.3 is 5.97 Å². The molecule has 0 fully saturated rings. The Morgan fingerprint density at radius 1 is 1.45 bits per heavy atom. The second-order valence-electron chi connectivity index (χ2n) is 4.84. The number of nitrogens with one attached hydrogen (secondary N) is 1. The SMILES string of the molecule is C/C=C/CC(NC(=O)c1sc2cccc(F)c2c1C)C(=O)O. The normalized spacial score (nSPS) is 12.7. The lowest BCUT2D eigenvalue weighted by molar-refractivity contribution is -0.139. The predicted octanol–water partition coefficient (Wildman–Crippen LogP) is 3.50. The first-order chi connectivity index (χ1) is 10.5. The first-order valence-electron chi connectivity index (χ1n) is 6.78. The highest BCUT2D eigenvalue weighted by Crippen LogP contribution is 2.32. The lowest BCUT2D eigenvalue weighted by Crippen LogP contribution is -2.40. The van der Waals surface area contributed by atoms with Gasteiger partial charge in [0.1, 0.15) is 11.9 Å². The number of aliphatic carboxylic acids is 1. The molecule has 1 amide bonds. The maximum Gasteiger partial charge on any atom is 0.326 e. The number of allylic oxidation sites excluding steroid dienone is 1. The number of carboxylic acid groups (broad SMARTS) is 1. The topological polar surface area (TPSA) is 66.4 Å². The molecule has 0 aliphatic heterocycles. The van der Waals surface area contributed by atoms with Crippen LogP contribution in [0, 0.1) is 12.7 Å². The molecule has 1 unspecified atom stereocenters. The van der Waals surface area contributed by atoms with Crippen LogP contribution in [0.15, 0.2) is 30.4 Å². The zero-order chi connectivity index (χ0) is 16.3. The predicted molar refractivity (Wildman–Crippen MR) is 84.8 cm³/mol. The highest BCUT2D eigenvalue weighted by atomic mass is 32.1. The number of carboxylic acids is 1. The second kappa shape index (κ2) is 6.70. The van der Waals surface area contributed by atoms with Gasteiger partial charge in [-0.1, -0.05) is 18.2 Å². The molecule has 2 N–H and O–H groups in total. The number of fused-ring (bicyclic) bond motifs is 1. The third kappa shape index (κ3) is 3.17. The molecule has 0 radical (unpaired) electrons.